The van der Waals surface area contributed by atoms with Crippen LogP contribution in [0.15, 0.2) is 79.4 Å². The van der Waals surface area contributed by atoms with Gasteiger partial charge in [0.25, 0.3) is 0 Å². The summed E-state index contributed by atoms with van der Waals surface area (Å²) in [4.78, 5) is 0. The van der Waals surface area contributed by atoms with E-state index in [1.54, 1.807) is 0 Å². The maximum absolute atomic E-state index is 3.72. The normalized spacial score (nSPS) is 8.85. The van der Waals surface area contributed by atoms with Gasteiger partial charge in [0.05, 0.1) is 0 Å². The van der Waals surface area contributed by atoms with Gasteiger partial charge in [0.15, 0.2) is 0 Å². The quantitative estimate of drug-likeness (QED) is 0.311. The summed E-state index contributed by atoms with van der Waals surface area (Å²) in [5, 5.41) is 0. The Kier molecular flexibility index (Phi) is 23.4. The molecule has 26 heavy (non-hydrogen) atoms. The van der Waals surface area contributed by atoms with Gasteiger partial charge in [-0.05, 0) is 19.8 Å². The minimum atomic E-state index is 0. The minimum Gasteiger partial charge on any atom is -0.269 e. The second-order valence-corrected chi connectivity index (χ2v) is 6.36. The maximum Gasteiger partial charge on any atom is -0.0353 e. The Morgan fingerprint density at radius 1 is 0.654 bits per heavy atom. The number of aryl methyl sites for hydroxylation is 1. The van der Waals surface area contributed by atoms with Crippen LogP contribution in [0.2, 0.25) is 0 Å². The zero-order valence-electron chi connectivity index (χ0n) is 16.9. The molecule has 2 aromatic carbocycles. The number of allylic oxidation sites excluding steroid dienone is 1. The molecule has 0 saturated heterocycles. The average Bonchev–Trinajstić information content (AvgIpc) is 2.67. The first-order valence-electron chi connectivity index (χ1n) is 9.93. The highest BCUT2D eigenvalue weighted by Gasteiger charge is 1.89. The van der Waals surface area contributed by atoms with Crippen molar-refractivity contribution >= 4 is 0 Å². The summed E-state index contributed by atoms with van der Waals surface area (Å²) in [5.74, 6) is 0. The molecular formula is C25H39F. The third-order valence-electron chi connectivity index (χ3n) is 3.87. The molecule has 0 aliphatic carbocycles. The van der Waals surface area contributed by atoms with Gasteiger partial charge in [-0.3, -0.25) is 4.70 Å². The van der Waals surface area contributed by atoms with E-state index in [0.29, 0.717) is 0 Å². The van der Waals surface area contributed by atoms with Gasteiger partial charge in [-0.15, -0.1) is 6.58 Å². The number of benzene rings is 2. The van der Waals surface area contributed by atoms with Crippen molar-refractivity contribution in [2.75, 3.05) is 0 Å². The standard InChI is InChI=1S/C12H24.C7H8.C6H6.FH/c1-3-5-7-9-11-12-10-8-6-4-2;1-7-5-3-2-4-6-7;1-2-4-6-5-3-1;/h3H,1,4-12H2,2H3;2-6H,1H3;1-6H;1H. The summed E-state index contributed by atoms with van der Waals surface area (Å²) in [6, 6.07) is 22.3. The van der Waals surface area contributed by atoms with Gasteiger partial charge in [0, 0.05) is 0 Å². The molecule has 0 aliphatic rings. The zero-order chi connectivity index (χ0) is 18.4. The van der Waals surface area contributed by atoms with E-state index in [0.717, 1.165) is 0 Å². The van der Waals surface area contributed by atoms with Gasteiger partial charge >= 0.3 is 0 Å². The molecule has 0 N–H and O–H groups in total. The van der Waals surface area contributed by atoms with E-state index in [1.807, 2.05) is 60.7 Å². The van der Waals surface area contributed by atoms with E-state index in [1.165, 1.54) is 63.4 Å². The molecule has 0 radical (unpaired) electrons. The van der Waals surface area contributed by atoms with Crippen molar-refractivity contribution in [3.05, 3.63) is 84.9 Å². The number of unbranched alkanes of at least 4 members (excludes halogenated alkanes) is 8. The molecule has 0 aromatic heterocycles. The summed E-state index contributed by atoms with van der Waals surface area (Å²) in [6.07, 6.45) is 14.5. The lowest BCUT2D eigenvalue weighted by atomic mass is 10.1. The highest BCUT2D eigenvalue weighted by molar-refractivity contribution is 5.11. The molecule has 0 aliphatic heterocycles. The number of hydrogen-bond donors (Lipinski definition) is 0. The predicted molar refractivity (Wildman–Crippen MR) is 118 cm³/mol. The molecule has 1 heteroatoms. The zero-order valence-corrected chi connectivity index (χ0v) is 16.9. The summed E-state index contributed by atoms with van der Waals surface area (Å²) < 4.78 is 0. The lowest BCUT2D eigenvalue weighted by molar-refractivity contribution is 0.578. The van der Waals surface area contributed by atoms with Crippen LogP contribution in [0.4, 0.5) is 4.70 Å². The Morgan fingerprint density at radius 2 is 1.04 bits per heavy atom. The molecule has 0 bridgehead atoms. The van der Waals surface area contributed by atoms with E-state index < -0.39 is 0 Å². The van der Waals surface area contributed by atoms with Crippen LogP contribution in [-0.2, 0) is 0 Å². The van der Waals surface area contributed by atoms with Crippen LogP contribution in [0.25, 0.3) is 0 Å². The fourth-order valence-electron chi connectivity index (χ4n) is 2.34. The van der Waals surface area contributed by atoms with Gasteiger partial charge < -0.3 is 0 Å². The van der Waals surface area contributed by atoms with Crippen LogP contribution >= 0.6 is 0 Å². The summed E-state index contributed by atoms with van der Waals surface area (Å²) >= 11 is 0. The second kappa shape index (κ2) is 23.1. The second-order valence-electron chi connectivity index (χ2n) is 6.36. The highest BCUT2D eigenvalue weighted by atomic mass is 19.0. The van der Waals surface area contributed by atoms with Crippen LogP contribution in [0.1, 0.15) is 70.3 Å². The Hall–Kier alpha value is -1.89. The first-order valence-corrected chi connectivity index (χ1v) is 9.93. The molecule has 0 saturated carbocycles. The average molecular weight is 359 g/mol. The molecule has 0 fully saturated rings. The Morgan fingerprint density at radius 3 is 1.38 bits per heavy atom. The van der Waals surface area contributed by atoms with E-state index >= 15 is 0 Å². The maximum atomic E-state index is 3.72. The van der Waals surface area contributed by atoms with E-state index in [9.17, 15) is 0 Å². The highest BCUT2D eigenvalue weighted by Crippen LogP contribution is 2.09. The summed E-state index contributed by atoms with van der Waals surface area (Å²) in [6.45, 7) is 8.07. The van der Waals surface area contributed by atoms with Crippen molar-refractivity contribution in [2.24, 2.45) is 0 Å². The summed E-state index contributed by atoms with van der Waals surface area (Å²) in [7, 11) is 0. The molecule has 0 unspecified atom stereocenters. The molecule has 0 nitrogen and oxygen atoms in total. The van der Waals surface area contributed by atoms with Crippen molar-refractivity contribution in [3.8, 4) is 0 Å². The van der Waals surface area contributed by atoms with Crippen LogP contribution in [0, 0.1) is 6.92 Å². The smallest absolute Gasteiger partial charge is 0.0353 e. The molecule has 0 spiro atoms. The number of hydrogen-bond acceptors (Lipinski definition) is 0. The predicted octanol–water partition coefficient (Wildman–Crippen LogP) is 8.54. The Balaban J connectivity index is 0. The van der Waals surface area contributed by atoms with Gasteiger partial charge in [-0.1, -0.05) is 130 Å². The molecule has 2 aromatic rings. The molecule has 146 valence electrons. The molecule has 0 heterocycles. The molecule has 2 rings (SSSR count). The minimum absolute atomic E-state index is 0. The monoisotopic (exact) mass is 358 g/mol. The van der Waals surface area contributed by atoms with Crippen molar-refractivity contribution in [3.63, 3.8) is 0 Å². The van der Waals surface area contributed by atoms with Gasteiger partial charge in [0.2, 0.25) is 0 Å². The molecule has 0 amide bonds. The first-order chi connectivity index (χ1) is 12.3. The molecule has 0 atom stereocenters. The fraction of sp³-hybridized carbons (Fsp3) is 0.440. The largest absolute Gasteiger partial charge is 0.269 e. The van der Waals surface area contributed by atoms with Crippen molar-refractivity contribution in [1.29, 1.82) is 0 Å². The van der Waals surface area contributed by atoms with Gasteiger partial charge in [0.1, 0.15) is 0 Å². The number of halogens is 1. The van der Waals surface area contributed by atoms with Crippen molar-refractivity contribution in [2.45, 2.75) is 71.6 Å². The first kappa shape index (κ1) is 26.3. The lowest BCUT2D eigenvalue weighted by Gasteiger charge is -1.99. The SMILES string of the molecule is C=CCCCCCCCCCC.Cc1ccccc1.F.c1ccccc1. The van der Waals surface area contributed by atoms with E-state index in [4.69, 9.17) is 0 Å². The van der Waals surface area contributed by atoms with Gasteiger partial charge in [-0.2, -0.15) is 0 Å². The Bertz CT molecular complexity index is 437. The Labute approximate surface area is 161 Å². The van der Waals surface area contributed by atoms with Crippen molar-refractivity contribution < 1.29 is 4.70 Å². The van der Waals surface area contributed by atoms with Crippen LogP contribution < -0.4 is 0 Å². The third kappa shape index (κ3) is 22.1. The third-order valence-corrected chi connectivity index (χ3v) is 3.87. The van der Waals surface area contributed by atoms with E-state index in [-0.39, 0.29) is 4.70 Å². The fourth-order valence-corrected chi connectivity index (χ4v) is 2.34. The van der Waals surface area contributed by atoms with Gasteiger partial charge in [-0.25, -0.2) is 0 Å². The van der Waals surface area contributed by atoms with Crippen molar-refractivity contribution in [1.82, 2.24) is 0 Å². The van der Waals surface area contributed by atoms with Crippen LogP contribution in [-0.4, -0.2) is 0 Å². The topological polar surface area (TPSA) is 0 Å². The van der Waals surface area contributed by atoms with E-state index in [2.05, 4.69) is 32.6 Å². The molecular weight excluding hydrogens is 319 g/mol. The summed E-state index contributed by atoms with van der Waals surface area (Å²) in [5.41, 5.74) is 1.32. The lowest BCUT2D eigenvalue weighted by Crippen LogP contribution is -1.79. The van der Waals surface area contributed by atoms with Crippen LogP contribution in [0.3, 0.4) is 0 Å². The van der Waals surface area contributed by atoms with Crippen LogP contribution in [0.5, 0.6) is 0 Å². The number of rotatable bonds is 9.